The van der Waals surface area contributed by atoms with E-state index in [2.05, 4.69) is 33.8 Å². The maximum absolute atomic E-state index is 10.1. The summed E-state index contributed by atoms with van der Waals surface area (Å²) in [6, 6.07) is 5.77. The van der Waals surface area contributed by atoms with E-state index in [0.717, 1.165) is 42.4 Å². The summed E-state index contributed by atoms with van der Waals surface area (Å²) in [6.07, 6.45) is 5.47. The quantitative estimate of drug-likeness (QED) is 0.721. The first-order valence-electron chi connectivity index (χ1n) is 10.5. The first-order chi connectivity index (χ1) is 13.7. The van der Waals surface area contributed by atoms with Crippen LogP contribution in [0, 0.1) is 34.0 Å². The third kappa shape index (κ3) is 2.74. The van der Waals surface area contributed by atoms with Crippen LogP contribution < -0.4 is 5.46 Å². The van der Waals surface area contributed by atoms with Crippen molar-refractivity contribution in [2.75, 3.05) is 0 Å². The molecule has 1 unspecified atom stereocenters. The summed E-state index contributed by atoms with van der Waals surface area (Å²) in [5.74, 6) is 1.54. The van der Waals surface area contributed by atoms with Crippen LogP contribution in [-0.2, 0) is 5.41 Å². The third-order valence-electron chi connectivity index (χ3n) is 7.67. The van der Waals surface area contributed by atoms with E-state index in [0.29, 0.717) is 11.5 Å². The Hall–Kier alpha value is -2.28. The zero-order chi connectivity index (χ0) is 21.1. The Morgan fingerprint density at radius 3 is 2.48 bits per heavy atom. The molecule has 0 aliphatic heterocycles. The molecule has 6 heteroatoms. The van der Waals surface area contributed by atoms with Gasteiger partial charge in [0.15, 0.2) is 0 Å². The molecule has 2 aliphatic carbocycles. The molecule has 1 aromatic heterocycles. The van der Waals surface area contributed by atoms with Crippen molar-refractivity contribution in [2.45, 2.75) is 71.1 Å². The Morgan fingerprint density at radius 1 is 1.14 bits per heavy atom. The molecule has 2 N–H and O–H groups in total. The molecule has 1 saturated carbocycles. The van der Waals surface area contributed by atoms with Gasteiger partial charge in [0.2, 0.25) is 0 Å². The van der Waals surface area contributed by atoms with Gasteiger partial charge in [-0.05, 0) is 48.5 Å². The van der Waals surface area contributed by atoms with Crippen LogP contribution in [0.5, 0.6) is 0 Å². The Labute approximate surface area is 172 Å². The number of nitrogens with zero attached hydrogens (tertiary/aromatic N) is 2. The van der Waals surface area contributed by atoms with Crippen molar-refractivity contribution in [3.05, 3.63) is 28.5 Å². The maximum Gasteiger partial charge on any atom is 0.493 e. The average Bonchev–Trinajstić information content (AvgIpc) is 2.99. The molecule has 1 fully saturated rings. The van der Waals surface area contributed by atoms with Crippen molar-refractivity contribution in [1.82, 2.24) is 0 Å². The van der Waals surface area contributed by atoms with Crippen LogP contribution >= 0.6 is 0 Å². The minimum atomic E-state index is -1.88. The molecule has 0 radical (unpaired) electrons. The smallest absolute Gasteiger partial charge is 0.461 e. The van der Waals surface area contributed by atoms with Gasteiger partial charge in [-0.25, -0.2) is 0 Å². The fraction of sp³-hybridized carbons (Fsp3) is 0.565. The molecule has 29 heavy (non-hydrogen) atoms. The third-order valence-corrected chi connectivity index (χ3v) is 7.67. The molecule has 0 spiro atoms. The highest BCUT2D eigenvalue weighted by molar-refractivity contribution is 6.62. The lowest BCUT2D eigenvalue weighted by molar-refractivity contribution is 0.0504. The van der Waals surface area contributed by atoms with Gasteiger partial charge in [0, 0.05) is 22.3 Å². The van der Waals surface area contributed by atoms with E-state index in [1.165, 1.54) is 6.42 Å². The Kier molecular flexibility index (Phi) is 4.57. The van der Waals surface area contributed by atoms with Crippen LogP contribution in [0.4, 0.5) is 0 Å². The largest absolute Gasteiger partial charge is 0.493 e. The Bertz CT molecular complexity index is 1070. The predicted octanol–water partition coefficient (Wildman–Crippen LogP) is 3.84. The summed E-state index contributed by atoms with van der Waals surface area (Å²) >= 11 is 0. The van der Waals surface area contributed by atoms with E-state index in [-0.39, 0.29) is 33.3 Å². The van der Waals surface area contributed by atoms with E-state index < -0.39 is 7.12 Å². The van der Waals surface area contributed by atoms with Gasteiger partial charge in [-0.1, -0.05) is 34.1 Å². The number of fused-ring (bicyclic) bond motifs is 5. The summed E-state index contributed by atoms with van der Waals surface area (Å²) < 4.78 is 6.32. The predicted molar refractivity (Wildman–Crippen MR) is 112 cm³/mol. The minimum Gasteiger partial charge on any atom is -0.461 e. The summed E-state index contributed by atoms with van der Waals surface area (Å²) in [7, 11) is -1.88. The maximum atomic E-state index is 10.1. The molecule has 2 aliphatic rings. The van der Waals surface area contributed by atoms with Crippen LogP contribution in [0.2, 0.25) is 0 Å². The summed E-state index contributed by atoms with van der Waals surface area (Å²) in [5.41, 5.74) is 1.69. The van der Waals surface area contributed by atoms with Crippen LogP contribution in [-0.4, -0.2) is 17.2 Å². The van der Waals surface area contributed by atoms with Gasteiger partial charge in [-0.15, -0.1) is 0 Å². The van der Waals surface area contributed by atoms with Gasteiger partial charge in [0.25, 0.3) is 0 Å². The van der Waals surface area contributed by atoms with Crippen LogP contribution in [0.15, 0.2) is 10.5 Å². The second-order valence-corrected chi connectivity index (χ2v) is 9.82. The van der Waals surface area contributed by atoms with E-state index in [1.807, 2.05) is 6.07 Å². The zero-order valence-corrected chi connectivity index (χ0v) is 17.5. The van der Waals surface area contributed by atoms with Crippen LogP contribution in [0.3, 0.4) is 0 Å². The summed E-state index contributed by atoms with van der Waals surface area (Å²) in [6.45, 7) is 9.17. The fourth-order valence-corrected chi connectivity index (χ4v) is 6.34. The van der Waals surface area contributed by atoms with Crippen molar-refractivity contribution in [3.63, 3.8) is 0 Å². The molecule has 0 amide bonds. The lowest BCUT2D eigenvalue weighted by Gasteiger charge is -2.50. The van der Waals surface area contributed by atoms with Gasteiger partial charge in [0.05, 0.1) is 11.1 Å². The van der Waals surface area contributed by atoms with Crippen molar-refractivity contribution in [2.24, 2.45) is 11.3 Å². The first-order valence-corrected chi connectivity index (χ1v) is 10.5. The van der Waals surface area contributed by atoms with Gasteiger partial charge < -0.3 is 14.5 Å². The SMILES string of the molecule is CC1CC[C@@H]2C(C)(C)CCC[C@@]2(C)c2c1oc1c(B(O)O)c(C#N)c(C#N)cc21. The number of benzene rings is 1. The van der Waals surface area contributed by atoms with Crippen LogP contribution in [0.1, 0.15) is 88.2 Å². The van der Waals surface area contributed by atoms with Crippen molar-refractivity contribution < 1.29 is 14.5 Å². The number of hydrogen-bond acceptors (Lipinski definition) is 5. The molecular formula is C23H27BN2O3. The molecule has 4 rings (SSSR count). The topological polar surface area (TPSA) is 101 Å². The Morgan fingerprint density at radius 2 is 1.86 bits per heavy atom. The molecule has 150 valence electrons. The molecule has 0 saturated heterocycles. The number of furan rings is 1. The fourth-order valence-electron chi connectivity index (χ4n) is 6.34. The van der Waals surface area contributed by atoms with Crippen molar-refractivity contribution in [1.29, 1.82) is 10.5 Å². The van der Waals surface area contributed by atoms with E-state index >= 15 is 0 Å². The highest BCUT2D eigenvalue weighted by Gasteiger charge is 2.51. The normalized spacial score (nSPS) is 28.0. The molecule has 1 aromatic carbocycles. The minimum absolute atomic E-state index is 0.0112. The van der Waals surface area contributed by atoms with E-state index in [1.54, 1.807) is 6.07 Å². The molecule has 2 aromatic rings. The zero-order valence-electron chi connectivity index (χ0n) is 17.5. The summed E-state index contributed by atoms with van der Waals surface area (Å²) in [5, 5.41) is 40.1. The van der Waals surface area contributed by atoms with Crippen molar-refractivity contribution in [3.8, 4) is 12.1 Å². The number of rotatable bonds is 1. The molecule has 3 atom stereocenters. The molecule has 5 nitrogen and oxygen atoms in total. The van der Waals surface area contributed by atoms with Gasteiger partial charge in [-0.3, -0.25) is 0 Å². The summed E-state index contributed by atoms with van der Waals surface area (Å²) in [4.78, 5) is 0. The van der Waals surface area contributed by atoms with Gasteiger partial charge in [-0.2, -0.15) is 10.5 Å². The average molecular weight is 390 g/mol. The van der Waals surface area contributed by atoms with E-state index in [9.17, 15) is 20.6 Å². The second kappa shape index (κ2) is 6.62. The van der Waals surface area contributed by atoms with E-state index in [4.69, 9.17) is 4.42 Å². The molecule has 0 bridgehead atoms. The number of nitriles is 2. The standard InChI is InChI=1S/C23H27BN2O3/c1-13-6-7-17-22(2,3)8-5-9-23(17,4)18-15-10-14(11-25)16(12-26)19(24(27)28)21(15)29-20(13)18/h10,13,17,27-28H,5-9H2,1-4H3/t13?,17-,23-/m1/s1. The highest BCUT2D eigenvalue weighted by atomic mass is 16.4. The molecule has 1 heterocycles. The monoisotopic (exact) mass is 390 g/mol. The van der Waals surface area contributed by atoms with Crippen LogP contribution in [0.25, 0.3) is 11.0 Å². The van der Waals surface area contributed by atoms with Gasteiger partial charge >= 0.3 is 7.12 Å². The lowest BCUT2D eigenvalue weighted by Crippen LogP contribution is -2.44. The second-order valence-electron chi connectivity index (χ2n) is 9.82. The highest BCUT2D eigenvalue weighted by Crippen LogP contribution is 2.59. The Balaban J connectivity index is 2.13. The lowest BCUT2D eigenvalue weighted by atomic mass is 9.53. The number of hydrogen-bond donors (Lipinski definition) is 2. The molecular weight excluding hydrogens is 363 g/mol. The first kappa shape index (κ1) is 20.0. The van der Waals surface area contributed by atoms with Crippen molar-refractivity contribution >= 4 is 23.6 Å². The van der Waals surface area contributed by atoms with Gasteiger partial charge in [0.1, 0.15) is 23.5 Å².